The van der Waals surface area contributed by atoms with E-state index in [-0.39, 0.29) is 5.91 Å². The molecule has 1 aromatic heterocycles. The SMILES string of the molecule is C=C(C)n1c(=NC)c(NCCCCNC(=O)Cc2ccccc2)nc2cc(OC)c(OC)cc21. The highest BCUT2D eigenvalue weighted by Crippen LogP contribution is 2.31. The van der Waals surface area contributed by atoms with Gasteiger partial charge in [0.05, 0.1) is 31.7 Å². The number of hydrogen-bond acceptors (Lipinski definition) is 6. The zero-order valence-electron chi connectivity index (χ0n) is 20.4. The Hall–Kier alpha value is -3.81. The third-order valence-corrected chi connectivity index (χ3v) is 5.40. The number of nitrogens with zero attached hydrogens (tertiary/aromatic N) is 3. The summed E-state index contributed by atoms with van der Waals surface area (Å²) in [7, 11) is 4.94. The topological polar surface area (TPSA) is 89.8 Å². The van der Waals surface area contributed by atoms with E-state index in [4.69, 9.17) is 14.5 Å². The minimum Gasteiger partial charge on any atom is -0.493 e. The van der Waals surface area contributed by atoms with Crippen molar-refractivity contribution in [2.45, 2.75) is 26.2 Å². The molecule has 3 aromatic rings. The lowest BCUT2D eigenvalue weighted by atomic mass is 10.1. The number of fused-ring (bicyclic) bond motifs is 1. The molecule has 0 aliphatic rings. The summed E-state index contributed by atoms with van der Waals surface area (Å²) in [5, 5.41) is 6.38. The van der Waals surface area contributed by atoms with Crippen LogP contribution in [0.15, 0.2) is 54.0 Å². The molecule has 2 aromatic carbocycles. The highest BCUT2D eigenvalue weighted by molar-refractivity contribution is 5.83. The molecule has 0 aliphatic carbocycles. The molecule has 180 valence electrons. The summed E-state index contributed by atoms with van der Waals surface area (Å²) in [5.74, 6) is 1.92. The van der Waals surface area contributed by atoms with E-state index in [1.807, 2.05) is 54.0 Å². The first-order valence-electron chi connectivity index (χ1n) is 11.3. The molecule has 0 saturated carbocycles. The standard InChI is InChI=1S/C26H33N5O3/c1-18(2)31-21-17-23(34-5)22(33-4)16-20(21)30-25(26(31)27-3)29-14-10-9-13-28-24(32)15-19-11-7-6-8-12-19/h6-8,11-12,16-17H,1,9-10,13-15H2,2-5H3,(H,28,32)(H,29,30). The number of aromatic nitrogens is 2. The molecule has 3 rings (SSSR count). The molecule has 0 bridgehead atoms. The summed E-state index contributed by atoms with van der Waals surface area (Å²) in [6.07, 6.45) is 2.12. The van der Waals surface area contributed by atoms with Gasteiger partial charge >= 0.3 is 0 Å². The van der Waals surface area contributed by atoms with Gasteiger partial charge in [0.15, 0.2) is 22.8 Å². The number of carbonyl (C=O) groups is 1. The predicted molar refractivity (Wildman–Crippen MR) is 136 cm³/mol. The molecule has 2 N–H and O–H groups in total. The number of amides is 1. The van der Waals surface area contributed by atoms with E-state index in [1.165, 1.54) is 0 Å². The molecule has 0 aliphatic heterocycles. The smallest absolute Gasteiger partial charge is 0.224 e. The Morgan fingerprint density at radius 3 is 2.41 bits per heavy atom. The molecule has 8 heteroatoms. The quantitative estimate of drug-likeness (QED) is 0.424. The Morgan fingerprint density at radius 2 is 1.76 bits per heavy atom. The van der Waals surface area contributed by atoms with Crippen molar-refractivity contribution in [3.63, 3.8) is 0 Å². The number of hydrogen-bond donors (Lipinski definition) is 2. The molecule has 1 amide bonds. The summed E-state index contributed by atoms with van der Waals surface area (Å²) in [4.78, 5) is 21.4. The maximum atomic E-state index is 12.1. The first kappa shape index (κ1) is 24.8. The van der Waals surface area contributed by atoms with Crippen molar-refractivity contribution in [2.24, 2.45) is 4.99 Å². The van der Waals surface area contributed by atoms with E-state index >= 15 is 0 Å². The van der Waals surface area contributed by atoms with Crippen molar-refractivity contribution in [1.82, 2.24) is 14.9 Å². The first-order valence-corrected chi connectivity index (χ1v) is 11.3. The van der Waals surface area contributed by atoms with Crippen LogP contribution in [0, 0.1) is 0 Å². The maximum absolute atomic E-state index is 12.1. The number of ether oxygens (including phenoxy) is 2. The summed E-state index contributed by atoms with van der Waals surface area (Å²) in [5.41, 5.74) is 4.08. The number of anilines is 1. The average molecular weight is 464 g/mol. The van der Waals surface area contributed by atoms with E-state index < -0.39 is 0 Å². The summed E-state index contributed by atoms with van der Waals surface area (Å²) >= 11 is 0. The van der Waals surface area contributed by atoms with Crippen LogP contribution >= 0.6 is 0 Å². The number of benzene rings is 2. The predicted octanol–water partition coefficient (Wildman–Crippen LogP) is 3.63. The normalized spacial score (nSPS) is 11.4. The molecular weight excluding hydrogens is 430 g/mol. The molecule has 0 saturated heterocycles. The van der Waals surface area contributed by atoms with Crippen molar-refractivity contribution >= 4 is 28.5 Å². The molecule has 0 atom stereocenters. The molecular formula is C26H33N5O3. The zero-order valence-corrected chi connectivity index (χ0v) is 20.4. The molecule has 0 spiro atoms. The second-order valence-corrected chi connectivity index (χ2v) is 7.92. The van der Waals surface area contributed by atoms with Gasteiger partial charge in [0.1, 0.15) is 0 Å². The number of allylic oxidation sites excluding steroid dienone is 1. The van der Waals surface area contributed by atoms with Gasteiger partial charge in [-0.2, -0.15) is 0 Å². The minimum atomic E-state index is 0.0364. The number of carbonyl (C=O) groups excluding carboxylic acids is 1. The van der Waals surface area contributed by atoms with E-state index in [2.05, 4.69) is 22.2 Å². The highest BCUT2D eigenvalue weighted by atomic mass is 16.5. The first-order chi connectivity index (χ1) is 16.5. The Labute approximate surface area is 200 Å². The van der Waals surface area contributed by atoms with Crippen LogP contribution in [-0.2, 0) is 11.2 Å². The van der Waals surface area contributed by atoms with Crippen molar-refractivity contribution in [2.75, 3.05) is 39.7 Å². The lowest BCUT2D eigenvalue weighted by molar-refractivity contribution is -0.120. The van der Waals surface area contributed by atoms with E-state index in [1.54, 1.807) is 21.3 Å². The highest BCUT2D eigenvalue weighted by Gasteiger charge is 2.14. The third-order valence-electron chi connectivity index (χ3n) is 5.40. The van der Waals surface area contributed by atoms with Gasteiger partial charge in [-0.3, -0.25) is 14.4 Å². The van der Waals surface area contributed by atoms with Gasteiger partial charge in [0.25, 0.3) is 0 Å². The fourth-order valence-corrected chi connectivity index (χ4v) is 3.76. The van der Waals surface area contributed by atoms with Gasteiger partial charge in [-0.25, -0.2) is 4.98 Å². The molecule has 0 unspecified atom stereocenters. The number of methoxy groups -OCH3 is 2. The third kappa shape index (κ3) is 5.95. The van der Waals surface area contributed by atoms with E-state index in [9.17, 15) is 4.79 Å². The van der Waals surface area contributed by atoms with E-state index in [0.717, 1.165) is 35.1 Å². The molecule has 34 heavy (non-hydrogen) atoms. The summed E-state index contributed by atoms with van der Waals surface area (Å²) in [6.45, 7) is 7.37. The zero-order chi connectivity index (χ0) is 24.5. The largest absolute Gasteiger partial charge is 0.493 e. The van der Waals surface area contributed by atoms with Crippen molar-refractivity contribution in [3.05, 3.63) is 60.1 Å². The van der Waals surface area contributed by atoms with Gasteiger partial charge in [-0.1, -0.05) is 36.9 Å². The van der Waals surface area contributed by atoms with Crippen LogP contribution < -0.4 is 25.6 Å². The van der Waals surface area contributed by atoms with Crippen molar-refractivity contribution in [1.29, 1.82) is 0 Å². The second kappa shape index (κ2) is 11.9. The summed E-state index contributed by atoms with van der Waals surface area (Å²) < 4.78 is 12.9. The summed E-state index contributed by atoms with van der Waals surface area (Å²) in [6, 6.07) is 13.5. The number of nitrogens with one attached hydrogen (secondary N) is 2. The van der Waals surface area contributed by atoms with Crippen LogP contribution in [0.2, 0.25) is 0 Å². The minimum absolute atomic E-state index is 0.0364. The Bertz CT molecular complexity index is 1220. The second-order valence-electron chi connectivity index (χ2n) is 7.92. The molecule has 8 nitrogen and oxygen atoms in total. The Morgan fingerprint density at radius 1 is 1.09 bits per heavy atom. The van der Waals surface area contributed by atoms with Crippen LogP contribution in [0.4, 0.5) is 5.82 Å². The van der Waals surface area contributed by atoms with Crippen LogP contribution in [0.5, 0.6) is 11.5 Å². The van der Waals surface area contributed by atoms with Crippen LogP contribution in [0.25, 0.3) is 16.7 Å². The lowest BCUT2D eigenvalue weighted by Crippen LogP contribution is -2.27. The fourth-order valence-electron chi connectivity index (χ4n) is 3.76. The Balaban J connectivity index is 1.66. The maximum Gasteiger partial charge on any atom is 0.224 e. The molecule has 1 heterocycles. The molecule has 0 fully saturated rings. The van der Waals surface area contributed by atoms with Crippen LogP contribution in [-0.4, -0.2) is 49.8 Å². The Kier molecular flexibility index (Phi) is 8.67. The van der Waals surface area contributed by atoms with Gasteiger partial charge in [0.2, 0.25) is 5.91 Å². The van der Waals surface area contributed by atoms with E-state index in [0.29, 0.717) is 42.3 Å². The van der Waals surface area contributed by atoms with Gasteiger partial charge in [0, 0.05) is 38.0 Å². The van der Waals surface area contributed by atoms with Crippen molar-refractivity contribution < 1.29 is 14.3 Å². The van der Waals surface area contributed by atoms with Crippen LogP contribution in [0.1, 0.15) is 25.3 Å². The van der Waals surface area contributed by atoms with Crippen molar-refractivity contribution in [3.8, 4) is 11.5 Å². The van der Waals surface area contributed by atoms with Crippen LogP contribution in [0.3, 0.4) is 0 Å². The van der Waals surface area contributed by atoms with Gasteiger partial charge < -0.3 is 20.1 Å². The molecule has 0 radical (unpaired) electrons. The average Bonchev–Trinajstić information content (AvgIpc) is 2.84. The fraction of sp³-hybridized carbons (Fsp3) is 0.346. The number of rotatable bonds is 11. The lowest BCUT2D eigenvalue weighted by Gasteiger charge is -2.17. The monoisotopic (exact) mass is 463 g/mol. The van der Waals surface area contributed by atoms with Gasteiger partial charge in [-0.15, -0.1) is 0 Å². The number of unbranched alkanes of at least 4 members (excludes halogenated alkanes) is 1. The van der Waals surface area contributed by atoms with Gasteiger partial charge in [-0.05, 0) is 25.3 Å².